The number of carboxylic acid groups (broad SMARTS) is 1. The summed E-state index contributed by atoms with van der Waals surface area (Å²) < 4.78 is 0.840. The first-order valence-corrected chi connectivity index (χ1v) is 5.88. The van der Waals surface area contributed by atoms with Crippen molar-refractivity contribution >= 4 is 39.1 Å². The Morgan fingerprint density at radius 3 is 2.72 bits per heavy atom. The maximum Gasteiger partial charge on any atom is 0.337 e. The van der Waals surface area contributed by atoms with Crippen LogP contribution < -0.4 is 11.1 Å². The number of carbonyl (C=O) groups is 1. The summed E-state index contributed by atoms with van der Waals surface area (Å²) in [5, 5.41) is 12.0. The van der Waals surface area contributed by atoms with E-state index in [4.69, 9.17) is 10.8 Å². The molecule has 0 fully saturated rings. The second-order valence-corrected chi connectivity index (χ2v) is 4.39. The highest BCUT2D eigenvalue weighted by atomic mass is 79.9. The smallest absolute Gasteiger partial charge is 0.337 e. The number of pyridine rings is 1. The lowest BCUT2D eigenvalue weighted by molar-refractivity contribution is 0.0698. The number of nitrogens with two attached hydrogens (primary N) is 1. The van der Waals surface area contributed by atoms with E-state index in [2.05, 4.69) is 26.2 Å². The fraction of sp³-hybridized carbons (Fsp3) is 0. The minimum atomic E-state index is -1.08. The van der Waals surface area contributed by atoms with Gasteiger partial charge in [-0.1, -0.05) is 12.1 Å². The van der Waals surface area contributed by atoms with E-state index in [9.17, 15) is 4.79 Å². The van der Waals surface area contributed by atoms with Crippen molar-refractivity contribution in [3.8, 4) is 0 Å². The molecule has 1 aromatic carbocycles. The first-order chi connectivity index (χ1) is 8.59. The topological polar surface area (TPSA) is 88.2 Å². The number of carboxylic acids is 1. The van der Waals surface area contributed by atoms with Crippen LogP contribution in [0, 0.1) is 0 Å². The second-order valence-electron chi connectivity index (χ2n) is 3.53. The first kappa shape index (κ1) is 12.4. The molecule has 0 aliphatic heterocycles. The number of aromatic nitrogens is 1. The number of para-hydroxylation sites is 1. The third-order valence-electron chi connectivity index (χ3n) is 2.35. The van der Waals surface area contributed by atoms with Gasteiger partial charge < -0.3 is 16.2 Å². The second kappa shape index (κ2) is 5.05. The van der Waals surface area contributed by atoms with Crippen LogP contribution >= 0.6 is 15.9 Å². The number of benzene rings is 1. The molecule has 2 rings (SSSR count). The quantitative estimate of drug-likeness (QED) is 0.811. The molecule has 18 heavy (non-hydrogen) atoms. The number of nitrogens with one attached hydrogen (secondary N) is 1. The molecule has 0 unspecified atom stereocenters. The van der Waals surface area contributed by atoms with Gasteiger partial charge in [-0.25, -0.2) is 9.78 Å². The molecule has 6 heteroatoms. The average molecular weight is 308 g/mol. The predicted octanol–water partition coefficient (Wildman–Crippen LogP) is 2.87. The van der Waals surface area contributed by atoms with E-state index in [1.165, 1.54) is 12.3 Å². The maximum atomic E-state index is 10.9. The third kappa shape index (κ3) is 2.43. The highest BCUT2D eigenvalue weighted by molar-refractivity contribution is 9.10. The fourth-order valence-corrected chi connectivity index (χ4v) is 1.83. The van der Waals surface area contributed by atoms with Crippen LogP contribution in [0.3, 0.4) is 0 Å². The lowest BCUT2D eigenvalue weighted by Gasteiger charge is -2.11. The molecule has 0 amide bonds. The Morgan fingerprint density at radius 2 is 2.06 bits per heavy atom. The first-order valence-electron chi connectivity index (χ1n) is 5.09. The molecule has 1 aromatic heterocycles. The van der Waals surface area contributed by atoms with E-state index in [1.807, 2.05) is 24.3 Å². The maximum absolute atomic E-state index is 10.9. The van der Waals surface area contributed by atoms with Gasteiger partial charge in [0.05, 0.1) is 16.9 Å². The SMILES string of the molecule is Nc1c(C(=O)O)ccnc1Nc1ccccc1Br. The molecule has 0 bridgehead atoms. The van der Waals surface area contributed by atoms with Gasteiger partial charge in [0.2, 0.25) is 0 Å². The molecule has 0 saturated carbocycles. The highest BCUT2D eigenvalue weighted by Crippen LogP contribution is 2.28. The molecule has 0 saturated heterocycles. The number of halogens is 1. The zero-order valence-corrected chi connectivity index (χ0v) is 10.8. The molecule has 1 heterocycles. The lowest BCUT2D eigenvalue weighted by atomic mass is 10.2. The number of nitrogens with zero attached hydrogens (tertiary/aromatic N) is 1. The van der Waals surface area contributed by atoms with Gasteiger partial charge in [-0.3, -0.25) is 0 Å². The molecule has 0 atom stereocenters. The van der Waals surface area contributed by atoms with Crippen LogP contribution in [0.1, 0.15) is 10.4 Å². The molecule has 0 spiro atoms. The van der Waals surface area contributed by atoms with E-state index in [1.54, 1.807) is 0 Å². The van der Waals surface area contributed by atoms with Crippen LogP contribution in [0.2, 0.25) is 0 Å². The van der Waals surface area contributed by atoms with Gasteiger partial charge in [0.1, 0.15) is 0 Å². The van der Waals surface area contributed by atoms with E-state index in [0.29, 0.717) is 5.82 Å². The Balaban J connectivity index is 2.39. The van der Waals surface area contributed by atoms with Crippen LogP contribution in [0.15, 0.2) is 41.0 Å². The van der Waals surface area contributed by atoms with Crippen LogP contribution in [-0.2, 0) is 0 Å². The number of nitrogen functional groups attached to an aromatic ring is 1. The highest BCUT2D eigenvalue weighted by Gasteiger charge is 2.12. The van der Waals surface area contributed by atoms with Gasteiger partial charge in [0, 0.05) is 10.7 Å². The number of hydrogen-bond acceptors (Lipinski definition) is 4. The Labute approximate surface area is 112 Å². The predicted molar refractivity (Wildman–Crippen MR) is 73.0 cm³/mol. The minimum absolute atomic E-state index is 0.0274. The molecule has 2 aromatic rings. The molecule has 5 nitrogen and oxygen atoms in total. The number of anilines is 3. The zero-order chi connectivity index (χ0) is 13.1. The minimum Gasteiger partial charge on any atom is -0.478 e. The van der Waals surface area contributed by atoms with Crippen molar-refractivity contribution in [3.63, 3.8) is 0 Å². The summed E-state index contributed by atoms with van der Waals surface area (Å²) in [4.78, 5) is 15.0. The number of rotatable bonds is 3. The summed E-state index contributed by atoms with van der Waals surface area (Å²) in [7, 11) is 0. The van der Waals surface area contributed by atoms with E-state index in [0.717, 1.165) is 10.2 Å². The Bertz CT molecular complexity index is 602. The zero-order valence-electron chi connectivity index (χ0n) is 9.22. The molecule has 92 valence electrons. The largest absolute Gasteiger partial charge is 0.478 e. The van der Waals surface area contributed by atoms with Crippen molar-refractivity contribution in [2.24, 2.45) is 0 Å². The Morgan fingerprint density at radius 1 is 1.33 bits per heavy atom. The molecular formula is C12H10BrN3O2. The van der Waals surface area contributed by atoms with E-state index in [-0.39, 0.29) is 11.3 Å². The van der Waals surface area contributed by atoms with Crippen molar-refractivity contribution in [1.29, 1.82) is 0 Å². The monoisotopic (exact) mass is 307 g/mol. The van der Waals surface area contributed by atoms with Crippen molar-refractivity contribution in [1.82, 2.24) is 4.98 Å². The van der Waals surface area contributed by atoms with Crippen LogP contribution in [0.5, 0.6) is 0 Å². The average Bonchev–Trinajstić information content (AvgIpc) is 2.34. The molecule has 0 radical (unpaired) electrons. The fourth-order valence-electron chi connectivity index (χ4n) is 1.45. The Kier molecular flexibility index (Phi) is 3.47. The van der Waals surface area contributed by atoms with Crippen LogP contribution in [0.4, 0.5) is 17.2 Å². The van der Waals surface area contributed by atoms with Gasteiger partial charge in [-0.15, -0.1) is 0 Å². The van der Waals surface area contributed by atoms with Crippen LogP contribution in [-0.4, -0.2) is 16.1 Å². The summed E-state index contributed by atoms with van der Waals surface area (Å²) in [5.74, 6) is -0.758. The summed E-state index contributed by atoms with van der Waals surface area (Å²) >= 11 is 3.38. The van der Waals surface area contributed by atoms with Gasteiger partial charge in [0.25, 0.3) is 0 Å². The number of hydrogen-bond donors (Lipinski definition) is 3. The van der Waals surface area contributed by atoms with Crippen LogP contribution in [0.25, 0.3) is 0 Å². The number of aromatic carboxylic acids is 1. The van der Waals surface area contributed by atoms with Crippen molar-refractivity contribution in [2.75, 3.05) is 11.1 Å². The summed E-state index contributed by atoms with van der Waals surface area (Å²) in [6.07, 6.45) is 1.40. The molecular weight excluding hydrogens is 298 g/mol. The van der Waals surface area contributed by atoms with Crippen molar-refractivity contribution in [2.45, 2.75) is 0 Å². The van der Waals surface area contributed by atoms with E-state index >= 15 is 0 Å². The van der Waals surface area contributed by atoms with Crippen molar-refractivity contribution < 1.29 is 9.90 Å². The van der Waals surface area contributed by atoms with Gasteiger partial charge in [-0.2, -0.15) is 0 Å². The molecule has 0 aliphatic rings. The summed E-state index contributed by atoms with van der Waals surface area (Å²) in [6.45, 7) is 0. The van der Waals surface area contributed by atoms with Gasteiger partial charge >= 0.3 is 5.97 Å². The van der Waals surface area contributed by atoms with Gasteiger partial charge in [-0.05, 0) is 34.1 Å². The molecule has 4 N–H and O–H groups in total. The summed E-state index contributed by atoms with van der Waals surface area (Å²) in [6, 6.07) is 8.78. The normalized spacial score (nSPS) is 10.1. The van der Waals surface area contributed by atoms with E-state index < -0.39 is 5.97 Å². The lowest BCUT2D eigenvalue weighted by Crippen LogP contribution is -2.07. The third-order valence-corrected chi connectivity index (χ3v) is 3.04. The molecule has 0 aliphatic carbocycles. The van der Waals surface area contributed by atoms with Gasteiger partial charge in [0.15, 0.2) is 5.82 Å². The Hall–Kier alpha value is -2.08. The van der Waals surface area contributed by atoms with Crippen molar-refractivity contribution in [3.05, 3.63) is 46.6 Å². The standard InChI is InChI=1S/C12H10BrN3O2/c13-8-3-1-2-4-9(8)16-11-10(14)7(12(17)18)5-6-15-11/h1-6H,14H2,(H,15,16)(H,17,18). The summed E-state index contributed by atoms with van der Waals surface area (Å²) in [5.41, 5.74) is 6.66.